The van der Waals surface area contributed by atoms with Crippen molar-refractivity contribution in [3.05, 3.63) is 64.2 Å². The molecule has 31 heavy (non-hydrogen) atoms. The highest BCUT2D eigenvalue weighted by molar-refractivity contribution is 14.1. The maximum atomic E-state index is 13.2. The second kappa shape index (κ2) is 8.20. The molecule has 0 amide bonds. The van der Waals surface area contributed by atoms with Crippen molar-refractivity contribution in [2.45, 2.75) is 55.6 Å². The lowest BCUT2D eigenvalue weighted by Crippen LogP contribution is -2.53. The molecule has 2 aliphatic rings. The number of rotatable bonds is 4. The molecule has 2 fully saturated rings. The van der Waals surface area contributed by atoms with Crippen molar-refractivity contribution in [2.24, 2.45) is 0 Å². The number of nitrogens with zero attached hydrogens (tertiary/aromatic N) is 3. The molecule has 5 rings (SSSR count). The van der Waals surface area contributed by atoms with Crippen molar-refractivity contribution in [3.8, 4) is 11.4 Å². The second-order valence-corrected chi connectivity index (χ2v) is 10.8. The zero-order valence-corrected chi connectivity index (χ0v) is 20.3. The molecule has 0 N–H and O–H groups in total. The third-order valence-corrected chi connectivity index (χ3v) is 8.56. The van der Waals surface area contributed by atoms with Crippen LogP contribution < -0.4 is 10.3 Å². The van der Waals surface area contributed by atoms with Crippen molar-refractivity contribution in [1.29, 1.82) is 0 Å². The predicted molar refractivity (Wildman–Crippen MR) is 133 cm³/mol. The smallest absolute Gasteiger partial charge is 0.266 e. The van der Waals surface area contributed by atoms with E-state index in [-0.39, 0.29) is 11.7 Å². The van der Waals surface area contributed by atoms with Gasteiger partial charge in [-0.2, -0.15) is 0 Å². The lowest BCUT2D eigenvalue weighted by molar-refractivity contribution is 0.0409. The summed E-state index contributed by atoms with van der Waals surface area (Å²) < 4.78 is 8.37. The average Bonchev–Trinajstić information content (AvgIpc) is 2.73. The Morgan fingerprint density at radius 1 is 1.06 bits per heavy atom. The molecule has 1 aliphatic heterocycles. The van der Waals surface area contributed by atoms with Gasteiger partial charge in [-0.25, -0.2) is 4.98 Å². The van der Waals surface area contributed by atoms with E-state index in [1.54, 1.807) is 4.57 Å². The molecule has 6 heteroatoms. The number of alkyl halides is 1. The Kier molecular flexibility index (Phi) is 5.54. The minimum absolute atomic E-state index is 0.0228. The second-order valence-electron chi connectivity index (χ2n) is 8.84. The van der Waals surface area contributed by atoms with E-state index in [1.165, 1.54) is 19.3 Å². The highest BCUT2D eigenvalue weighted by atomic mass is 127. The van der Waals surface area contributed by atoms with E-state index in [2.05, 4.69) is 32.5 Å². The van der Waals surface area contributed by atoms with Crippen LogP contribution in [-0.4, -0.2) is 37.2 Å². The summed E-state index contributed by atoms with van der Waals surface area (Å²) in [6, 6.07) is 13.7. The molecule has 2 heterocycles. The summed E-state index contributed by atoms with van der Waals surface area (Å²) in [4.78, 5) is 20.5. The minimum atomic E-state index is -0.0228. The number of aryl methyl sites for hydroxylation is 2. The van der Waals surface area contributed by atoms with Crippen LogP contribution in [0.1, 0.15) is 43.5 Å². The normalized spacial score (nSPS) is 19.3. The van der Waals surface area contributed by atoms with Crippen LogP contribution in [0.15, 0.2) is 47.3 Å². The summed E-state index contributed by atoms with van der Waals surface area (Å²) in [7, 11) is 0. The zero-order valence-electron chi connectivity index (χ0n) is 18.1. The molecule has 3 aromatic rings. The van der Waals surface area contributed by atoms with Gasteiger partial charge in [-0.1, -0.05) is 34.7 Å². The third kappa shape index (κ3) is 3.89. The molecule has 1 saturated carbocycles. The number of ether oxygens (including phenoxy) is 1. The topological polar surface area (TPSA) is 47.4 Å². The van der Waals surface area contributed by atoms with Gasteiger partial charge in [-0.15, -0.1) is 0 Å². The number of benzene rings is 2. The summed E-state index contributed by atoms with van der Waals surface area (Å²) >= 11 is 2.65. The molecule has 0 unspecified atom stereocenters. The van der Waals surface area contributed by atoms with Crippen molar-refractivity contribution in [2.75, 3.05) is 13.1 Å². The first-order valence-electron chi connectivity index (χ1n) is 11.1. The van der Waals surface area contributed by atoms with Crippen LogP contribution in [0, 0.1) is 13.8 Å². The first-order chi connectivity index (χ1) is 14.9. The number of likely N-dealkylation sites (tertiary alicyclic amines) is 1. The molecule has 162 valence electrons. The first-order valence-corrected chi connectivity index (χ1v) is 12.2. The van der Waals surface area contributed by atoms with Crippen LogP contribution in [-0.2, 0) is 0 Å². The van der Waals surface area contributed by atoms with Crippen molar-refractivity contribution >= 4 is 33.5 Å². The van der Waals surface area contributed by atoms with E-state index < -0.39 is 0 Å². The Balaban J connectivity index is 1.32. The van der Waals surface area contributed by atoms with E-state index in [1.807, 2.05) is 56.3 Å². The Bertz CT molecular complexity index is 1160. The fourth-order valence-corrected chi connectivity index (χ4v) is 6.08. The molecular weight excluding hydrogens is 501 g/mol. The summed E-state index contributed by atoms with van der Waals surface area (Å²) in [5.74, 6) is 1.55. The van der Waals surface area contributed by atoms with Gasteiger partial charge in [0.05, 0.1) is 20.1 Å². The van der Waals surface area contributed by atoms with E-state index >= 15 is 0 Å². The molecule has 1 aromatic heterocycles. The minimum Gasteiger partial charge on any atom is -0.490 e. The average molecular weight is 529 g/mol. The van der Waals surface area contributed by atoms with Crippen molar-refractivity contribution in [1.82, 2.24) is 14.5 Å². The molecule has 1 saturated heterocycles. The quantitative estimate of drug-likeness (QED) is 0.266. The van der Waals surface area contributed by atoms with Gasteiger partial charge in [0, 0.05) is 13.1 Å². The standard InChI is InChI=1S/C25H28IN3O2/c1-17-5-3-6-22-23(17)24(30)29(18(2)27-22)19-7-9-20(10-8-19)31-21-11-15-28(16-12-21)25(26)13-4-14-25/h3,5-10,21H,4,11-16H2,1-2H3. The Morgan fingerprint density at radius 2 is 1.77 bits per heavy atom. The molecule has 1 aliphatic carbocycles. The Labute approximate surface area is 196 Å². The number of fused-ring (bicyclic) bond motifs is 1. The Hall–Kier alpha value is -1.93. The molecule has 5 nitrogen and oxygen atoms in total. The lowest BCUT2D eigenvalue weighted by atomic mass is 9.89. The van der Waals surface area contributed by atoms with Gasteiger partial charge in [-0.05, 0) is 81.8 Å². The fourth-order valence-electron chi connectivity index (χ4n) is 4.84. The molecule has 0 spiro atoms. The zero-order chi connectivity index (χ0) is 21.6. The molecular formula is C25H28IN3O2. The number of piperidine rings is 1. The summed E-state index contributed by atoms with van der Waals surface area (Å²) in [5.41, 5.74) is 2.50. The summed E-state index contributed by atoms with van der Waals surface area (Å²) in [5, 5.41) is 0.680. The number of hydrogen-bond acceptors (Lipinski definition) is 4. The third-order valence-electron chi connectivity index (χ3n) is 6.80. The number of hydrogen-bond donors (Lipinski definition) is 0. The lowest BCUT2D eigenvalue weighted by Gasteiger charge is -2.48. The van der Waals surface area contributed by atoms with E-state index in [0.29, 0.717) is 14.8 Å². The predicted octanol–water partition coefficient (Wildman–Crippen LogP) is 5.16. The first kappa shape index (κ1) is 20.9. The monoisotopic (exact) mass is 529 g/mol. The molecule has 0 bridgehead atoms. The van der Waals surface area contributed by atoms with Gasteiger partial charge in [0.1, 0.15) is 17.7 Å². The van der Waals surface area contributed by atoms with Crippen LogP contribution in [0.3, 0.4) is 0 Å². The summed E-state index contributed by atoms with van der Waals surface area (Å²) in [6.07, 6.45) is 6.40. The van der Waals surface area contributed by atoms with Gasteiger partial charge in [-0.3, -0.25) is 14.3 Å². The van der Waals surface area contributed by atoms with Gasteiger partial charge in [0.15, 0.2) is 0 Å². The van der Waals surface area contributed by atoms with Crippen LogP contribution in [0.5, 0.6) is 5.75 Å². The van der Waals surface area contributed by atoms with E-state index in [9.17, 15) is 4.79 Å². The Morgan fingerprint density at radius 3 is 2.42 bits per heavy atom. The van der Waals surface area contributed by atoms with E-state index in [0.717, 1.165) is 48.4 Å². The fraction of sp³-hybridized carbons (Fsp3) is 0.440. The van der Waals surface area contributed by atoms with Crippen molar-refractivity contribution < 1.29 is 4.74 Å². The largest absolute Gasteiger partial charge is 0.490 e. The van der Waals surface area contributed by atoms with Gasteiger partial charge >= 0.3 is 0 Å². The maximum absolute atomic E-state index is 13.2. The van der Waals surface area contributed by atoms with Crippen LogP contribution in [0.4, 0.5) is 0 Å². The van der Waals surface area contributed by atoms with Gasteiger partial charge in [0.2, 0.25) is 0 Å². The molecule has 2 aromatic carbocycles. The number of halogens is 1. The SMILES string of the molecule is Cc1cccc2nc(C)n(-c3ccc(OC4CCN(C5(I)CCC5)CC4)cc3)c(=O)c12. The maximum Gasteiger partial charge on any atom is 0.266 e. The van der Waals surface area contributed by atoms with Crippen LogP contribution in [0.25, 0.3) is 16.6 Å². The summed E-state index contributed by atoms with van der Waals surface area (Å²) in [6.45, 7) is 6.06. The van der Waals surface area contributed by atoms with Crippen LogP contribution in [0.2, 0.25) is 0 Å². The van der Waals surface area contributed by atoms with Crippen molar-refractivity contribution in [3.63, 3.8) is 0 Å². The molecule has 0 radical (unpaired) electrons. The highest BCUT2D eigenvalue weighted by Gasteiger charge is 2.41. The van der Waals surface area contributed by atoms with Gasteiger partial charge in [0.25, 0.3) is 5.56 Å². The highest BCUT2D eigenvalue weighted by Crippen LogP contribution is 2.44. The van der Waals surface area contributed by atoms with Gasteiger partial charge < -0.3 is 4.74 Å². The van der Waals surface area contributed by atoms with E-state index in [4.69, 9.17) is 4.74 Å². The molecule has 0 atom stereocenters. The number of aromatic nitrogens is 2. The van der Waals surface area contributed by atoms with Crippen LogP contribution >= 0.6 is 22.6 Å².